The molecule has 2 aliphatic heterocycles. The van der Waals surface area contributed by atoms with E-state index in [1.54, 1.807) is 18.2 Å². The number of amides is 1. The Balaban J connectivity index is 1.41. The van der Waals surface area contributed by atoms with Crippen LogP contribution in [0.5, 0.6) is 23.0 Å². The van der Waals surface area contributed by atoms with E-state index < -0.39 is 0 Å². The number of aryl methyl sites for hydroxylation is 1. The smallest absolute Gasteiger partial charge is 0.244 e. The minimum absolute atomic E-state index is 0.147. The van der Waals surface area contributed by atoms with Crippen molar-refractivity contribution in [1.29, 1.82) is 0 Å². The Morgan fingerprint density at radius 2 is 1.62 bits per heavy atom. The summed E-state index contributed by atoms with van der Waals surface area (Å²) in [5.74, 6) is 3.39. The molecule has 0 saturated heterocycles. The van der Waals surface area contributed by atoms with Gasteiger partial charge in [-0.2, -0.15) is 0 Å². The molecule has 1 aromatic heterocycles. The summed E-state index contributed by atoms with van der Waals surface area (Å²) in [6, 6.07) is 9.16. The topological polar surface area (TPSA) is 83.8 Å². The Morgan fingerprint density at radius 1 is 0.966 bits per heavy atom. The number of nitrogens with one attached hydrogen (secondary N) is 1. The molecular formula is C21H21N3O5. The summed E-state index contributed by atoms with van der Waals surface area (Å²) in [6.45, 7) is 4.23. The van der Waals surface area contributed by atoms with Crippen molar-refractivity contribution in [2.75, 3.05) is 31.7 Å². The van der Waals surface area contributed by atoms with Crippen molar-refractivity contribution < 1.29 is 23.7 Å². The molecule has 1 N–H and O–H groups in total. The highest BCUT2D eigenvalue weighted by Crippen LogP contribution is 2.35. The number of hydrogen-bond donors (Lipinski definition) is 1. The maximum absolute atomic E-state index is 12.8. The Kier molecular flexibility index (Phi) is 4.38. The van der Waals surface area contributed by atoms with Crippen molar-refractivity contribution in [3.8, 4) is 23.0 Å². The molecule has 3 heterocycles. The zero-order valence-electron chi connectivity index (χ0n) is 16.1. The average molecular weight is 395 g/mol. The van der Waals surface area contributed by atoms with Crippen LogP contribution in [0.4, 0.5) is 5.69 Å². The van der Waals surface area contributed by atoms with Crippen molar-refractivity contribution in [1.82, 2.24) is 9.55 Å². The molecule has 3 aromatic rings. The molecule has 5 rings (SSSR count). The minimum atomic E-state index is -0.148. The highest BCUT2D eigenvalue weighted by atomic mass is 16.6. The first-order chi connectivity index (χ1) is 14.2. The van der Waals surface area contributed by atoms with Gasteiger partial charge in [-0.05, 0) is 12.1 Å². The normalized spacial score (nSPS) is 14.7. The third-order valence-corrected chi connectivity index (χ3v) is 4.94. The molecule has 0 saturated carbocycles. The molecule has 2 aromatic carbocycles. The third-order valence-electron chi connectivity index (χ3n) is 4.94. The van der Waals surface area contributed by atoms with Crippen LogP contribution < -0.4 is 24.3 Å². The monoisotopic (exact) mass is 395 g/mol. The summed E-state index contributed by atoms with van der Waals surface area (Å²) in [6.07, 6.45) is 0.707. The average Bonchev–Trinajstić information content (AvgIpc) is 3.08. The van der Waals surface area contributed by atoms with Crippen LogP contribution in [0, 0.1) is 0 Å². The van der Waals surface area contributed by atoms with Gasteiger partial charge >= 0.3 is 0 Å². The molecule has 0 fully saturated rings. The van der Waals surface area contributed by atoms with Gasteiger partial charge in [0.05, 0.1) is 11.0 Å². The van der Waals surface area contributed by atoms with Crippen molar-refractivity contribution in [2.45, 2.75) is 19.9 Å². The number of ether oxygens (including phenoxy) is 4. The Hall–Kier alpha value is -3.42. The molecule has 150 valence electrons. The number of rotatable bonds is 4. The standard InChI is InChI=1S/C21H21N3O5/c1-2-20-23-14-10-18-19(29-8-7-28-18)11-15(14)24(20)12-21(25)22-13-3-4-16-17(9-13)27-6-5-26-16/h3-4,9-11H,2,5-8,12H2,1H3,(H,22,25). The summed E-state index contributed by atoms with van der Waals surface area (Å²) in [5, 5.41) is 2.93. The number of carbonyl (C=O) groups is 1. The second kappa shape index (κ2) is 7.20. The quantitative estimate of drug-likeness (QED) is 0.731. The zero-order valence-corrected chi connectivity index (χ0v) is 16.1. The molecule has 0 atom stereocenters. The van der Waals surface area contributed by atoms with Crippen LogP contribution in [0.1, 0.15) is 12.7 Å². The first kappa shape index (κ1) is 17.7. The van der Waals surface area contributed by atoms with E-state index in [1.165, 1.54) is 0 Å². The van der Waals surface area contributed by atoms with Crippen LogP contribution in [0.25, 0.3) is 11.0 Å². The maximum Gasteiger partial charge on any atom is 0.244 e. The molecule has 0 bridgehead atoms. The number of hydrogen-bond acceptors (Lipinski definition) is 6. The fourth-order valence-corrected chi connectivity index (χ4v) is 3.62. The first-order valence-electron chi connectivity index (χ1n) is 9.69. The molecule has 0 radical (unpaired) electrons. The van der Waals surface area contributed by atoms with Crippen LogP contribution in [-0.4, -0.2) is 41.9 Å². The first-order valence-corrected chi connectivity index (χ1v) is 9.69. The molecule has 0 spiro atoms. The van der Waals surface area contributed by atoms with Gasteiger partial charge in [-0.3, -0.25) is 4.79 Å². The zero-order chi connectivity index (χ0) is 19.8. The number of fused-ring (bicyclic) bond motifs is 3. The second-order valence-electron chi connectivity index (χ2n) is 6.86. The van der Waals surface area contributed by atoms with Crippen LogP contribution in [0.15, 0.2) is 30.3 Å². The largest absolute Gasteiger partial charge is 0.486 e. The number of aromatic nitrogens is 2. The number of anilines is 1. The van der Waals surface area contributed by atoms with Crippen molar-refractivity contribution in [3.05, 3.63) is 36.2 Å². The summed E-state index contributed by atoms with van der Waals surface area (Å²) < 4.78 is 24.4. The Bertz CT molecular complexity index is 1090. The summed E-state index contributed by atoms with van der Waals surface area (Å²) >= 11 is 0. The summed E-state index contributed by atoms with van der Waals surface area (Å²) in [5.41, 5.74) is 2.30. The van der Waals surface area contributed by atoms with Crippen LogP contribution in [0.3, 0.4) is 0 Å². The highest BCUT2D eigenvalue weighted by Gasteiger charge is 2.19. The van der Waals surface area contributed by atoms with E-state index in [4.69, 9.17) is 18.9 Å². The van der Waals surface area contributed by atoms with Gasteiger partial charge in [0.1, 0.15) is 38.8 Å². The van der Waals surface area contributed by atoms with Gasteiger partial charge in [0, 0.05) is 30.3 Å². The molecule has 0 aliphatic carbocycles. The van der Waals surface area contributed by atoms with Crippen LogP contribution in [-0.2, 0) is 17.8 Å². The van der Waals surface area contributed by atoms with Crippen molar-refractivity contribution in [3.63, 3.8) is 0 Å². The molecule has 8 heteroatoms. The maximum atomic E-state index is 12.8. The van der Waals surface area contributed by atoms with Gasteiger partial charge in [0.2, 0.25) is 5.91 Å². The van der Waals surface area contributed by atoms with E-state index in [-0.39, 0.29) is 12.5 Å². The predicted molar refractivity (Wildman–Crippen MR) is 106 cm³/mol. The van der Waals surface area contributed by atoms with Crippen molar-refractivity contribution in [2.24, 2.45) is 0 Å². The molecular weight excluding hydrogens is 374 g/mol. The van der Waals surface area contributed by atoms with Crippen LogP contribution in [0.2, 0.25) is 0 Å². The van der Waals surface area contributed by atoms with Gasteiger partial charge in [-0.1, -0.05) is 6.92 Å². The minimum Gasteiger partial charge on any atom is -0.486 e. The molecule has 1 amide bonds. The summed E-state index contributed by atoms with van der Waals surface area (Å²) in [4.78, 5) is 17.4. The van der Waals surface area contributed by atoms with Gasteiger partial charge in [-0.25, -0.2) is 4.98 Å². The van der Waals surface area contributed by atoms with E-state index in [0.717, 1.165) is 16.9 Å². The predicted octanol–water partition coefficient (Wildman–Crippen LogP) is 2.78. The number of nitrogens with zero attached hydrogens (tertiary/aromatic N) is 2. The van der Waals surface area contributed by atoms with E-state index in [1.807, 2.05) is 23.6 Å². The van der Waals surface area contributed by atoms with Crippen molar-refractivity contribution >= 4 is 22.6 Å². The highest BCUT2D eigenvalue weighted by molar-refractivity contribution is 5.92. The molecule has 2 aliphatic rings. The SMILES string of the molecule is CCc1nc2cc3c(cc2n1CC(=O)Nc1ccc2c(c1)OCCO2)OCCO3. The fraction of sp³-hybridized carbons (Fsp3) is 0.333. The van der Waals surface area contributed by atoms with Crippen LogP contribution >= 0.6 is 0 Å². The molecule has 8 nitrogen and oxygen atoms in total. The third kappa shape index (κ3) is 3.30. The van der Waals surface area contributed by atoms with E-state index in [9.17, 15) is 4.79 Å². The Labute approximate surface area is 167 Å². The van der Waals surface area contributed by atoms with E-state index >= 15 is 0 Å². The van der Waals surface area contributed by atoms with E-state index in [0.29, 0.717) is 61.5 Å². The molecule has 29 heavy (non-hydrogen) atoms. The Morgan fingerprint density at radius 3 is 2.34 bits per heavy atom. The fourth-order valence-electron chi connectivity index (χ4n) is 3.62. The van der Waals surface area contributed by atoms with Gasteiger partial charge in [0.25, 0.3) is 0 Å². The number of imidazole rings is 1. The lowest BCUT2D eigenvalue weighted by Crippen LogP contribution is -2.21. The lowest BCUT2D eigenvalue weighted by atomic mass is 10.2. The van der Waals surface area contributed by atoms with Gasteiger partial charge in [0.15, 0.2) is 23.0 Å². The molecule has 0 unspecified atom stereocenters. The lowest BCUT2D eigenvalue weighted by molar-refractivity contribution is -0.116. The number of benzene rings is 2. The summed E-state index contributed by atoms with van der Waals surface area (Å²) in [7, 11) is 0. The van der Waals surface area contributed by atoms with Gasteiger partial charge < -0.3 is 28.8 Å². The van der Waals surface area contributed by atoms with Gasteiger partial charge in [-0.15, -0.1) is 0 Å². The second-order valence-corrected chi connectivity index (χ2v) is 6.86. The van der Waals surface area contributed by atoms with E-state index in [2.05, 4.69) is 10.3 Å². The lowest BCUT2D eigenvalue weighted by Gasteiger charge is -2.19. The number of carbonyl (C=O) groups excluding carboxylic acids is 1.